The molecule has 1 fully saturated rings. The summed E-state index contributed by atoms with van der Waals surface area (Å²) in [5, 5.41) is 0.572. The lowest BCUT2D eigenvalue weighted by atomic mass is 9.72. The Morgan fingerprint density at radius 2 is 1.84 bits per heavy atom. The molecule has 0 N–H and O–H groups in total. The number of ether oxygens (including phenoxy) is 2. The second-order valence-corrected chi connectivity index (χ2v) is 5.32. The number of rotatable bonds is 2. The van der Waals surface area contributed by atoms with Crippen molar-refractivity contribution in [2.75, 3.05) is 13.2 Å². The molecule has 0 radical (unpaired) electrons. The second-order valence-electron chi connectivity index (χ2n) is 4.92. The molecule has 0 atom stereocenters. The fourth-order valence-corrected chi connectivity index (χ4v) is 2.91. The Morgan fingerprint density at radius 1 is 1.16 bits per heavy atom. The minimum absolute atomic E-state index is 0.510. The zero-order valence-corrected chi connectivity index (χ0v) is 11.2. The highest BCUT2D eigenvalue weighted by Crippen LogP contribution is 2.49. The lowest BCUT2D eigenvalue weighted by Crippen LogP contribution is -2.32. The minimum atomic E-state index is -0.510. The van der Waals surface area contributed by atoms with Gasteiger partial charge in [-0.25, -0.2) is 4.79 Å². The van der Waals surface area contributed by atoms with E-state index in [1.165, 1.54) is 0 Å². The van der Waals surface area contributed by atoms with Crippen LogP contribution in [0.4, 0.5) is 0 Å². The SMILES string of the molecule is O=C=NC1(c2cc3c(cc2Cl)OCCCO3)CCC1. The van der Waals surface area contributed by atoms with Gasteiger partial charge < -0.3 is 9.47 Å². The Bertz CT molecular complexity index is 548. The summed E-state index contributed by atoms with van der Waals surface area (Å²) < 4.78 is 11.3. The van der Waals surface area contributed by atoms with E-state index in [1.54, 1.807) is 12.1 Å². The summed E-state index contributed by atoms with van der Waals surface area (Å²) in [5.41, 5.74) is 0.330. The van der Waals surface area contributed by atoms with E-state index >= 15 is 0 Å². The molecule has 1 saturated carbocycles. The molecular formula is C14H14ClNO3. The quantitative estimate of drug-likeness (QED) is 0.617. The van der Waals surface area contributed by atoms with Crippen LogP contribution in [0.15, 0.2) is 17.1 Å². The number of benzene rings is 1. The Labute approximate surface area is 116 Å². The standard InChI is InChI=1S/C14H14ClNO3/c15-11-8-13-12(18-5-2-6-19-13)7-10(11)14(16-9-17)3-1-4-14/h7-8H,1-6H2. The monoisotopic (exact) mass is 279 g/mol. The van der Waals surface area contributed by atoms with Crippen LogP contribution in [-0.4, -0.2) is 19.3 Å². The van der Waals surface area contributed by atoms with Crippen molar-refractivity contribution in [2.45, 2.75) is 31.2 Å². The molecule has 0 saturated heterocycles. The van der Waals surface area contributed by atoms with E-state index in [0.717, 1.165) is 31.2 Å². The minimum Gasteiger partial charge on any atom is -0.490 e. The van der Waals surface area contributed by atoms with Crippen LogP contribution in [0, 0.1) is 0 Å². The molecule has 0 unspecified atom stereocenters. The first-order valence-corrected chi connectivity index (χ1v) is 6.82. The highest BCUT2D eigenvalue weighted by atomic mass is 35.5. The molecule has 2 aliphatic rings. The lowest BCUT2D eigenvalue weighted by molar-refractivity contribution is 0.254. The molecule has 1 aromatic rings. The molecule has 1 aliphatic carbocycles. The van der Waals surface area contributed by atoms with E-state index in [4.69, 9.17) is 21.1 Å². The van der Waals surface area contributed by atoms with Crippen molar-refractivity contribution in [2.24, 2.45) is 4.99 Å². The van der Waals surface area contributed by atoms with Crippen molar-refractivity contribution in [1.82, 2.24) is 0 Å². The molecule has 0 amide bonds. The van der Waals surface area contributed by atoms with E-state index < -0.39 is 5.54 Å². The summed E-state index contributed by atoms with van der Waals surface area (Å²) in [6, 6.07) is 3.63. The van der Waals surface area contributed by atoms with Gasteiger partial charge in [-0.1, -0.05) is 11.6 Å². The molecule has 1 aliphatic heterocycles. The van der Waals surface area contributed by atoms with E-state index in [2.05, 4.69) is 4.99 Å². The Morgan fingerprint density at radius 3 is 2.42 bits per heavy atom. The Hall–Kier alpha value is -1.51. The van der Waals surface area contributed by atoms with Crippen LogP contribution in [0.2, 0.25) is 5.02 Å². The van der Waals surface area contributed by atoms with Gasteiger partial charge in [0.1, 0.15) is 0 Å². The maximum Gasteiger partial charge on any atom is 0.235 e. The highest BCUT2D eigenvalue weighted by molar-refractivity contribution is 6.31. The average molecular weight is 280 g/mol. The van der Waals surface area contributed by atoms with E-state index in [-0.39, 0.29) is 0 Å². The maximum atomic E-state index is 10.7. The normalized spacial score (nSPS) is 19.8. The number of hydrogen-bond acceptors (Lipinski definition) is 4. The van der Waals surface area contributed by atoms with E-state index in [9.17, 15) is 4.79 Å². The van der Waals surface area contributed by atoms with Gasteiger partial charge in [0.2, 0.25) is 6.08 Å². The summed E-state index contributed by atoms with van der Waals surface area (Å²) in [6.45, 7) is 1.25. The third-order valence-electron chi connectivity index (χ3n) is 3.78. The predicted molar refractivity (Wildman–Crippen MR) is 70.7 cm³/mol. The smallest absolute Gasteiger partial charge is 0.235 e. The van der Waals surface area contributed by atoms with Crippen molar-refractivity contribution in [3.05, 3.63) is 22.7 Å². The number of aliphatic imine (C=N–C) groups is 1. The van der Waals surface area contributed by atoms with Crippen molar-refractivity contribution in [3.63, 3.8) is 0 Å². The van der Waals surface area contributed by atoms with E-state index in [0.29, 0.717) is 29.7 Å². The molecule has 5 heteroatoms. The summed E-state index contributed by atoms with van der Waals surface area (Å²) >= 11 is 6.32. The topological polar surface area (TPSA) is 47.9 Å². The Balaban J connectivity index is 2.07. The fraction of sp³-hybridized carbons (Fsp3) is 0.500. The van der Waals surface area contributed by atoms with Gasteiger partial charge in [-0.05, 0) is 25.3 Å². The van der Waals surface area contributed by atoms with Crippen LogP contribution in [0.25, 0.3) is 0 Å². The molecule has 0 aromatic heterocycles. The first-order chi connectivity index (χ1) is 9.25. The molecule has 3 rings (SSSR count). The first kappa shape index (κ1) is 12.5. The van der Waals surface area contributed by atoms with Crippen molar-refractivity contribution in [3.8, 4) is 11.5 Å². The second kappa shape index (κ2) is 4.87. The molecule has 1 heterocycles. The third kappa shape index (κ3) is 2.11. The third-order valence-corrected chi connectivity index (χ3v) is 4.09. The van der Waals surface area contributed by atoms with Gasteiger partial charge in [0, 0.05) is 18.1 Å². The van der Waals surface area contributed by atoms with Gasteiger partial charge in [0.05, 0.1) is 23.8 Å². The predicted octanol–water partition coefficient (Wildman–Crippen LogP) is 3.22. The average Bonchev–Trinajstić information content (AvgIpc) is 2.58. The zero-order valence-electron chi connectivity index (χ0n) is 10.4. The number of halogens is 1. The number of hydrogen-bond donors (Lipinski definition) is 0. The van der Waals surface area contributed by atoms with Crippen molar-refractivity contribution in [1.29, 1.82) is 0 Å². The summed E-state index contributed by atoms with van der Waals surface area (Å²) in [4.78, 5) is 14.6. The Kier molecular flexibility index (Phi) is 3.21. The zero-order chi connectivity index (χ0) is 13.3. The van der Waals surface area contributed by atoms with Crippen LogP contribution < -0.4 is 9.47 Å². The van der Waals surface area contributed by atoms with Gasteiger partial charge >= 0.3 is 0 Å². The number of carbonyl (C=O) groups excluding carboxylic acids is 1. The first-order valence-electron chi connectivity index (χ1n) is 6.44. The van der Waals surface area contributed by atoms with Crippen LogP contribution in [0.1, 0.15) is 31.2 Å². The molecule has 100 valence electrons. The number of nitrogens with zero attached hydrogens (tertiary/aromatic N) is 1. The van der Waals surface area contributed by atoms with Gasteiger partial charge in [-0.3, -0.25) is 0 Å². The van der Waals surface area contributed by atoms with E-state index in [1.807, 2.05) is 6.07 Å². The largest absolute Gasteiger partial charge is 0.490 e. The number of fused-ring (bicyclic) bond motifs is 1. The van der Waals surface area contributed by atoms with Crippen LogP contribution in [0.5, 0.6) is 11.5 Å². The van der Waals surface area contributed by atoms with Gasteiger partial charge in [0.25, 0.3) is 0 Å². The van der Waals surface area contributed by atoms with Crippen LogP contribution in [-0.2, 0) is 10.3 Å². The lowest BCUT2D eigenvalue weighted by Gasteiger charge is -2.37. The van der Waals surface area contributed by atoms with Gasteiger partial charge in [0.15, 0.2) is 11.5 Å². The molecule has 1 aromatic carbocycles. The highest BCUT2D eigenvalue weighted by Gasteiger charge is 2.41. The van der Waals surface area contributed by atoms with Gasteiger partial charge in [-0.15, -0.1) is 0 Å². The van der Waals surface area contributed by atoms with Crippen LogP contribution in [0.3, 0.4) is 0 Å². The molecule has 0 spiro atoms. The van der Waals surface area contributed by atoms with Crippen LogP contribution >= 0.6 is 11.6 Å². The fourth-order valence-electron chi connectivity index (χ4n) is 2.58. The summed E-state index contributed by atoms with van der Waals surface area (Å²) in [7, 11) is 0. The van der Waals surface area contributed by atoms with Crippen molar-refractivity contribution >= 4 is 17.7 Å². The summed E-state index contributed by atoms with van der Waals surface area (Å²) in [5.74, 6) is 1.35. The number of isocyanates is 1. The van der Waals surface area contributed by atoms with Crippen molar-refractivity contribution < 1.29 is 14.3 Å². The molecule has 19 heavy (non-hydrogen) atoms. The molecular weight excluding hydrogens is 266 g/mol. The summed E-state index contributed by atoms with van der Waals surface area (Å²) in [6.07, 6.45) is 5.20. The van der Waals surface area contributed by atoms with Gasteiger partial charge in [-0.2, -0.15) is 4.99 Å². The molecule has 4 nitrogen and oxygen atoms in total. The molecule has 0 bridgehead atoms. The maximum absolute atomic E-state index is 10.7.